The molecule has 8 nitrogen and oxygen atoms in total. The number of nitrogens with one attached hydrogen (secondary N) is 2. The first-order valence-corrected chi connectivity index (χ1v) is 11.3. The van der Waals surface area contributed by atoms with Gasteiger partial charge in [-0.2, -0.15) is 9.78 Å². The van der Waals surface area contributed by atoms with Crippen molar-refractivity contribution >= 4 is 17.6 Å². The zero-order valence-electron chi connectivity index (χ0n) is 19.1. The number of carbonyl (C=O) groups is 2. The number of aromatic hydroxyl groups is 1. The smallest absolute Gasteiger partial charge is 0.342 e. The van der Waals surface area contributed by atoms with E-state index >= 15 is 0 Å². The molecule has 0 aliphatic heterocycles. The van der Waals surface area contributed by atoms with Crippen molar-refractivity contribution in [3.8, 4) is 22.8 Å². The maximum Gasteiger partial charge on any atom is 0.342 e. The minimum atomic E-state index is -0.340. The summed E-state index contributed by atoms with van der Waals surface area (Å²) in [7, 11) is 1.51. The van der Waals surface area contributed by atoms with E-state index in [0.717, 1.165) is 31.4 Å². The van der Waals surface area contributed by atoms with Crippen LogP contribution in [-0.4, -0.2) is 40.5 Å². The lowest BCUT2D eigenvalue weighted by atomic mass is 10.0. The Balaban J connectivity index is 1.66. The van der Waals surface area contributed by atoms with E-state index in [1.54, 1.807) is 42.5 Å². The van der Waals surface area contributed by atoms with E-state index in [1.807, 2.05) is 6.07 Å². The number of phenols is 1. The van der Waals surface area contributed by atoms with Gasteiger partial charge in [0, 0.05) is 23.7 Å². The number of nitrogens with zero attached hydrogens (tertiary/aromatic N) is 2. The molecular weight excluding hydrogens is 432 g/mol. The number of amides is 2. The predicted octanol–water partition coefficient (Wildman–Crippen LogP) is 4.92. The van der Waals surface area contributed by atoms with Gasteiger partial charge < -0.3 is 20.5 Å². The van der Waals surface area contributed by atoms with Crippen molar-refractivity contribution in [1.82, 2.24) is 15.1 Å². The van der Waals surface area contributed by atoms with Crippen LogP contribution in [0.1, 0.15) is 47.7 Å². The first-order valence-electron chi connectivity index (χ1n) is 11.3. The number of hydrogen-bond acceptors (Lipinski definition) is 5. The maximum absolute atomic E-state index is 12.8. The molecule has 0 radical (unpaired) electrons. The van der Waals surface area contributed by atoms with Crippen LogP contribution >= 0.6 is 0 Å². The summed E-state index contributed by atoms with van der Waals surface area (Å²) in [5, 5.41) is 20.7. The van der Waals surface area contributed by atoms with E-state index in [4.69, 9.17) is 4.74 Å². The SMILES string of the molecule is C=CCNC(=O)n1nc(-c2cc(NC(=O)c3ccccc3OC)ccc2O)cc1C1CCCC1. The predicted molar refractivity (Wildman–Crippen MR) is 130 cm³/mol. The summed E-state index contributed by atoms with van der Waals surface area (Å²) >= 11 is 0. The Morgan fingerprint density at radius 2 is 1.97 bits per heavy atom. The third-order valence-corrected chi connectivity index (χ3v) is 5.98. The summed E-state index contributed by atoms with van der Waals surface area (Å²) < 4.78 is 6.66. The highest BCUT2D eigenvalue weighted by Crippen LogP contribution is 2.38. The Morgan fingerprint density at radius 1 is 1.21 bits per heavy atom. The van der Waals surface area contributed by atoms with Gasteiger partial charge in [-0.1, -0.05) is 31.1 Å². The highest BCUT2D eigenvalue weighted by Gasteiger charge is 2.26. The molecule has 3 N–H and O–H groups in total. The topological polar surface area (TPSA) is 105 Å². The van der Waals surface area contributed by atoms with Crippen LogP contribution < -0.4 is 15.4 Å². The Kier molecular flexibility index (Phi) is 6.96. The molecule has 0 saturated heterocycles. The molecule has 0 unspecified atom stereocenters. The number of carbonyl (C=O) groups excluding carboxylic acids is 2. The van der Waals surface area contributed by atoms with Gasteiger partial charge in [-0.25, -0.2) is 4.79 Å². The summed E-state index contributed by atoms with van der Waals surface area (Å²) in [6, 6.07) is 13.2. The van der Waals surface area contributed by atoms with Crippen molar-refractivity contribution in [2.45, 2.75) is 31.6 Å². The van der Waals surface area contributed by atoms with Crippen LogP contribution in [0.3, 0.4) is 0 Å². The molecule has 2 amide bonds. The molecule has 1 fully saturated rings. The quantitative estimate of drug-likeness (QED) is 0.343. The Bertz CT molecular complexity index is 1210. The monoisotopic (exact) mass is 460 g/mol. The second-order valence-electron chi connectivity index (χ2n) is 8.21. The molecule has 4 rings (SSSR count). The lowest BCUT2D eigenvalue weighted by Gasteiger charge is -2.11. The fourth-order valence-corrected chi connectivity index (χ4v) is 4.29. The molecule has 34 heavy (non-hydrogen) atoms. The molecule has 0 spiro atoms. The average Bonchev–Trinajstić information content (AvgIpc) is 3.54. The molecule has 176 valence electrons. The van der Waals surface area contributed by atoms with Crippen molar-refractivity contribution < 1.29 is 19.4 Å². The van der Waals surface area contributed by atoms with Crippen LogP contribution in [0.4, 0.5) is 10.5 Å². The number of anilines is 1. The van der Waals surface area contributed by atoms with E-state index in [9.17, 15) is 14.7 Å². The first-order chi connectivity index (χ1) is 16.5. The van der Waals surface area contributed by atoms with Crippen LogP contribution in [0.2, 0.25) is 0 Å². The molecule has 2 aromatic carbocycles. The number of phenolic OH excluding ortho intramolecular Hbond substituents is 1. The molecule has 0 atom stereocenters. The largest absolute Gasteiger partial charge is 0.507 e. The summed E-state index contributed by atoms with van der Waals surface area (Å²) in [4.78, 5) is 25.6. The second-order valence-corrected chi connectivity index (χ2v) is 8.21. The van der Waals surface area contributed by atoms with E-state index in [-0.39, 0.29) is 23.6 Å². The molecular formula is C26H28N4O4. The van der Waals surface area contributed by atoms with Crippen molar-refractivity contribution in [3.05, 3.63) is 72.4 Å². The normalized spacial score (nSPS) is 13.4. The molecule has 1 saturated carbocycles. The van der Waals surface area contributed by atoms with Crippen LogP contribution in [0.5, 0.6) is 11.5 Å². The average molecular weight is 461 g/mol. The van der Waals surface area contributed by atoms with Crippen molar-refractivity contribution in [2.75, 3.05) is 19.0 Å². The van der Waals surface area contributed by atoms with Gasteiger partial charge in [0.25, 0.3) is 5.91 Å². The number of aromatic nitrogens is 2. The Hall–Kier alpha value is -4.07. The van der Waals surface area contributed by atoms with Crippen molar-refractivity contribution in [2.24, 2.45) is 0 Å². The standard InChI is InChI=1S/C26H28N4O4/c1-3-14-27-26(33)30-22(17-8-4-5-9-17)16-21(29-30)20-15-18(12-13-23(20)31)28-25(32)19-10-6-7-11-24(19)34-2/h3,6-7,10-13,15-17,31H,1,4-5,8-9,14H2,2H3,(H,27,33)(H,28,32). The van der Waals surface area contributed by atoms with E-state index < -0.39 is 0 Å². The Morgan fingerprint density at radius 3 is 2.71 bits per heavy atom. The number of hydrogen-bond donors (Lipinski definition) is 3. The summed E-state index contributed by atoms with van der Waals surface area (Å²) in [6.45, 7) is 3.96. The minimum Gasteiger partial charge on any atom is -0.507 e. The number of benzene rings is 2. The zero-order valence-corrected chi connectivity index (χ0v) is 19.1. The molecule has 1 aliphatic carbocycles. The molecule has 1 aromatic heterocycles. The van der Waals surface area contributed by atoms with E-state index in [1.165, 1.54) is 17.9 Å². The van der Waals surface area contributed by atoms with E-state index in [2.05, 4.69) is 22.3 Å². The second kappa shape index (κ2) is 10.2. The molecule has 1 heterocycles. The lowest BCUT2D eigenvalue weighted by molar-refractivity contribution is 0.102. The Labute approximate surface area is 198 Å². The molecule has 3 aromatic rings. The number of ether oxygens (including phenoxy) is 1. The summed E-state index contributed by atoms with van der Waals surface area (Å²) in [6.07, 6.45) is 5.79. The van der Waals surface area contributed by atoms with Gasteiger partial charge >= 0.3 is 6.03 Å². The van der Waals surface area contributed by atoms with Crippen molar-refractivity contribution in [3.63, 3.8) is 0 Å². The van der Waals surface area contributed by atoms with Gasteiger partial charge in [-0.3, -0.25) is 4.79 Å². The maximum atomic E-state index is 12.8. The number of rotatable bonds is 7. The van der Waals surface area contributed by atoms with Crippen LogP contribution in [0, 0.1) is 0 Å². The van der Waals surface area contributed by atoms with Crippen LogP contribution in [0.25, 0.3) is 11.3 Å². The van der Waals surface area contributed by atoms with Gasteiger partial charge in [0.1, 0.15) is 11.5 Å². The summed E-state index contributed by atoms with van der Waals surface area (Å²) in [5.74, 6) is 0.357. The first kappa shape index (κ1) is 23.1. The van der Waals surface area contributed by atoms with Gasteiger partial charge in [0.2, 0.25) is 0 Å². The van der Waals surface area contributed by atoms with Crippen LogP contribution in [-0.2, 0) is 0 Å². The van der Waals surface area contributed by atoms with Gasteiger partial charge in [0.15, 0.2) is 0 Å². The number of methoxy groups -OCH3 is 1. The van der Waals surface area contributed by atoms with Gasteiger partial charge in [0.05, 0.1) is 24.1 Å². The summed E-state index contributed by atoms with van der Waals surface area (Å²) in [5.41, 5.74) is 2.58. The fourth-order valence-electron chi connectivity index (χ4n) is 4.29. The molecule has 0 bridgehead atoms. The fraction of sp³-hybridized carbons (Fsp3) is 0.269. The highest BCUT2D eigenvalue weighted by molar-refractivity contribution is 6.06. The molecule has 1 aliphatic rings. The number of para-hydroxylation sites is 1. The van der Waals surface area contributed by atoms with Gasteiger partial charge in [-0.05, 0) is 49.2 Å². The lowest BCUT2D eigenvalue weighted by Crippen LogP contribution is -2.31. The van der Waals surface area contributed by atoms with E-state index in [0.29, 0.717) is 34.8 Å². The molecule has 8 heteroatoms. The van der Waals surface area contributed by atoms with Gasteiger partial charge in [-0.15, -0.1) is 6.58 Å². The zero-order chi connectivity index (χ0) is 24.1. The third-order valence-electron chi connectivity index (χ3n) is 5.98. The highest BCUT2D eigenvalue weighted by atomic mass is 16.5. The van der Waals surface area contributed by atoms with Crippen LogP contribution in [0.15, 0.2) is 61.2 Å². The minimum absolute atomic E-state index is 0.00409. The van der Waals surface area contributed by atoms with Crippen molar-refractivity contribution in [1.29, 1.82) is 0 Å². The third kappa shape index (κ3) is 4.80.